The summed E-state index contributed by atoms with van der Waals surface area (Å²) in [5.41, 5.74) is 4.30. The number of H-pyrrole nitrogens is 1. The molecule has 2 N–H and O–H groups in total. The Morgan fingerprint density at radius 2 is 2.17 bits per heavy atom. The molecule has 0 saturated carbocycles. The van der Waals surface area contributed by atoms with Crippen LogP contribution in [0.25, 0.3) is 0 Å². The summed E-state index contributed by atoms with van der Waals surface area (Å²) in [6, 6.07) is 8.01. The summed E-state index contributed by atoms with van der Waals surface area (Å²) >= 11 is 5.03. The number of rotatable bonds is 6. The van der Waals surface area contributed by atoms with Crippen molar-refractivity contribution in [1.82, 2.24) is 14.9 Å². The first-order chi connectivity index (χ1) is 8.79. The molecule has 2 rings (SSSR count). The summed E-state index contributed by atoms with van der Waals surface area (Å²) in [6.07, 6.45) is 2.63. The van der Waals surface area contributed by atoms with Gasteiger partial charge >= 0.3 is 0 Å². The fourth-order valence-corrected chi connectivity index (χ4v) is 1.63. The minimum atomic E-state index is 0.554. The summed E-state index contributed by atoms with van der Waals surface area (Å²) in [6.45, 7) is 3.52. The van der Waals surface area contributed by atoms with Crippen molar-refractivity contribution in [3.63, 3.8) is 0 Å². The van der Waals surface area contributed by atoms with Gasteiger partial charge in [-0.1, -0.05) is 19.1 Å². The van der Waals surface area contributed by atoms with Crippen LogP contribution in [0.1, 0.15) is 18.9 Å². The second-order valence-corrected chi connectivity index (χ2v) is 4.25. The molecule has 6 heteroatoms. The number of benzene rings is 1. The van der Waals surface area contributed by atoms with Crippen molar-refractivity contribution in [2.75, 3.05) is 12.0 Å². The number of hydrogen-bond acceptors (Lipinski definition) is 4. The van der Waals surface area contributed by atoms with Crippen LogP contribution in [0.15, 0.2) is 30.6 Å². The van der Waals surface area contributed by atoms with Crippen molar-refractivity contribution in [1.29, 1.82) is 0 Å². The molecule has 0 fully saturated rings. The number of ether oxygens (including phenoxy) is 1. The van der Waals surface area contributed by atoms with Gasteiger partial charge in [0.25, 0.3) is 0 Å². The molecule has 1 heterocycles. The lowest BCUT2D eigenvalue weighted by Gasteiger charge is -2.08. The van der Waals surface area contributed by atoms with E-state index < -0.39 is 0 Å². The van der Waals surface area contributed by atoms with E-state index in [4.69, 9.17) is 17.0 Å². The number of nitrogens with one attached hydrogen (secondary N) is 2. The average molecular weight is 264 g/mol. The highest BCUT2D eigenvalue weighted by Crippen LogP contribution is 2.12. The van der Waals surface area contributed by atoms with Gasteiger partial charge in [-0.25, -0.2) is 4.68 Å². The van der Waals surface area contributed by atoms with Crippen molar-refractivity contribution in [3.8, 4) is 5.75 Å². The highest BCUT2D eigenvalue weighted by Gasteiger charge is 1.96. The van der Waals surface area contributed by atoms with Crippen LogP contribution >= 0.6 is 12.2 Å². The molecular formula is C12H16N4OS. The maximum absolute atomic E-state index is 5.52. The van der Waals surface area contributed by atoms with Gasteiger partial charge in [-0.05, 0) is 36.3 Å². The minimum Gasteiger partial charge on any atom is -0.494 e. The van der Waals surface area contributed by atoms with E-state index in [0.29, 0.717) is 11.3 Å². The Balaban J connectivity index is 1.90. The number of hydrogen-bond donors (Lipinski definition) is 2. The Morgan fingerprint density at radius 3 is 2.78 bits per heavy atom. The second-order valence-electron chi connectivity index (χ2n) is 3.86. The lowest BCUT2D eigenvalue weighted by atomic mass is 10.2. The molecule has 5 nitrogen and oxygen atoms in total. The lowest BCUT2D eigenvalue weighted by molar-refractivity contribution is 0.317. The molecule has 0 unspecified atom stereocenters. The molecule has 96 valence electrons. The lowest BCUT2D eigenvalue weighted by Crippen LogP contribution is -2.13. The van der Waals surface area contributed by atoms with Crippen molar-refractivity contribution in [2.24, 2.45) is 0 Å². The fourth-order valence-electron chi connectivity index (χ4n) is 1.46. The van der Waals surface area contributed by atoms with Gasteiger partial charge < -0.3 is 10.2 Å². The first-order valence-electron chi connectivity index (χ1n) is 5.87. The number of aromatic nitrogens is 3. The maximum atomic E-state index is 5.52. The van der Waals surface area contributed by atoms with E-state index in [2.05, 4.69) is 22.5 Å². The van der Waals surface area contributed by atoms with Gasteiger partial charge in [0.1, 0.15) is 12.1 Å². The highest BCUT2D eigenvalue weighted by atomic mass is 32.1. The number of nitrogens with zero attached hydrogens (tertiary/aromatic N) is 2. The first-order valence-corrected chi connectivity index (χ1v) is 6.28. The third-order valence-electron chi connectivity index (χ3n) is 2.40. The molecule has 2 aromatic rings. The van der Waals surface area contributed by atoms with Crippen LogP contribution in [0.3, 0.4) is 0 Å². The molecule has 0 aliphatic rings. The van der Waals surface area contributed by atoms with Crippen molar-refractivity contribution in [2.45, 2.75) is 19.9 Å². The van der Waals surface area contributed by atoms with Crippen molar-refractivity contribution in [3.05, 3.63) is 40.9 Å². The molecule has 1 aromatic carbocycles. The van der Waals surface area contributed by atoms with E-state index in [1.807, 2.05) is 24.3 Å². The Morgan fingerprint density at radius 1 is 1.39 bits per heavy atom. The van der Waals surface area contributed by atoms with Gasteiger partial charge in [0, 0.05) is 0 Å². The zero-order valence-corrected chi connectivity index (χ0v) is 11.0. The third kappa shape index (κ3) is 3.33. The smallest absolute Gasteiger partial charge is 0.214 e. The van der Waals surface area contributed by atoms with Gasteiger partial charge in [-0.3, -0.25) is 5.10 Å². The Labute approximate surface area is 111 Å². The molecule has 1 aromatic heterocycles. The quantitative estimate of drug-likeness (QED) is 0.787. The van der Waals surface area contributed by atoms with Crippen LogP contribution in [0.5, 0.6) is 5.75 Å². The standard InChI is InChI=1S/C12H16N4OS/c1-2-7-17-11-5-3-10(4-6-11)8-14-16-9-13-15-12(16)18/h3-6,9,14H,2,7-8H2,1H3,(H,15,18). The molecule has 0 bridgehead atoms. The molecule has 0 aliphatic heterocycles. The van der Waals surface area contributed by atoms with Gasteiger partial charge in [0.2, 0.25) is 4.77 Å². The van der Waals surface area contributed by atoms with Crippen LogP contribution in [0, 0.1) is 4.77 Å². The van der Waals surface area contributed by atoms with Crippen molar-refractivity contribution < 1.29 is 4.74 Å². The summed E-state index contributed by atoms with van der Waals surface area (Å²) in [5, 5.41) is 6.52. The molecule has 0 amide bonds. The van der Waals surface area contributed by atoms with E-state index in [9.17, 15) is 0 Å². The largest absolute Gasteiger partial charge is 0.494 e. The molecule has 0 aliphatic carbocycles. The Hall–Kier alpha value is -1.82. The van der Waals surface area contributed by atoms with Crippen LogP contribution < -0.4 is 10.2 Å². The predicted molar refractivity (Wildman–Crippen MR) is 72.7 cm³/mol. The predicted octanol–water partition coefficient (Wildman–Crippen LogP) is 2.47. The van der Waals surface area contributed by atoms with Crippen LogP contribution in [0.4, 0.5) is 0 Å². The molecule has 18 heavy (non-hydrogen) atoms. The zero-order valence-electron chi connectivity index (χ0n) is 10.2. The SMILES string of the molecule is CCCOc1ccc(CNn2cn[nH]c2=S)cc1. The maximum Gasteiger partial charge on any atom is 0.214 e. The molecule has 0 saturated heterocycles. The van der Waals surface area contributed by atoms with Crippen LogP contribution in [0.2, 0.25) is 0 Å². The molecule has 0 atom stereocenters. The Bertz CT molecular complexity index is 532. The third-order valence-corrected chi connectivity index (χ3v) is 2.69. The Kier molecular flexibility index (Phi) is 4.35. The summed E-state index contributed by atoms with van der Waals surface area (Å²) in [7, 11) is 0. The van der Waals surface area contributed by atoms with Crippen LogP contribution in [-0.2, 0) is 6.54 Å². The van der Waals surface area contributed by atoms with E-state index in [-0.39, 0.29) is 0 Å². The number of aromatic amines is 1. The average Bonchev–Trinajstić information content (AvgIpc) is 2.81. The summed E-state index contributed by atoms with van der Waals surface area (Å²) < 4.78 is 7.75. The summed E-state index contributed by atoms with van der Waals surface area (Å²) in [5.74, 6) is 0.903. The van der Waals surface area contributed by atoms with Gasteiger partial charge in [0.15, 0.2) is 0 Å². The van der Waals surface area contributed by atoms with E-state index in [1.165, 1.54) is 0 Å². The van der Waals surface area contributed by atoms with E-state index >= 15 is 0 Å². The van der Waals surface area contributed by atoms with Gasteiger partial charge in [0.05, 0.1) is 13.2 Å². The molecule has 0 spiro atoms. The van der Waals surface area contributed by atoms with Crippen LogP contribution in [-0.4, -0.2) is 21.5 Å². The van der Waals surface area contributed by atoms with E-state index in [1.54, 1.807) is 11.0 Å². The van der Waals surface area contributed by atoms with E-state index in [0.717, 1.165) is 24.3 Å². The zero-order chi connectivity index (χ0) is 12.8. The normalized spacial score (nSPS) is 10.3. The first kappa shape index (κ1) is 12.6. The van der Waals surface area contributed by atoms with Gasteiger partial charge in [-0.15, -0.1) is 0 Å². The molecule has 0 radical (unpaired) electrons. The monoisotopic (exact) mass is 264 g/mol. The molecular weight excluding hydrogens is 248 g/mol. The second kappa shape index (κ2) is 6.20. The topological polar surface area (TPSA) is 54.9 Å². The van der Waals surface area contributed by atoms with Gasteiger partial charge in [-0.2, -0.15) is 5.10 Å². The minimum absolute atomic E-state index is 0.554. The highest BCUT2D eigenvalue weighted by molar-refractivity contribution is 7.71. The summed E-state index contributed by atoms with van der Waals surface area (Å²) in [4.78, 5) is 0. The van der Waals surface area contributed by atoms with Crippen molar-refractivity contribution >= 4 is 12.2 Å². The fraction of sp³-hybridized carbons (Fsp3) is 0.333.